The lowest BCUT2D eigenvalue weighted by Crippen LogP contribution is -2.30. The topological polar surface area (TPSA) is 93.9 Å². The number of pyridine rings is 1. The van der Waals surface area contributed by atoms with Gasteiger partial charge in [0, 0.05) is 35.4 Å². The molecular formula is C26H26ClN5O2. The number of hydrogen-bond donors (Lipinski definition) is 3. The summed E-state index contributed by atoms with van der Waals surface area (Å²) in [6.07, 6.45) is 0. The highest BCUT2D eigenvalue weighted by molar-refractivity contribution is 6.31. The van der Waals surface area contributed by atoms with E-state index in [0.29, 0.717) is 17.3 Å². The fourth-order valence-electron chi connectivity index (χ4n) is 3.65. The predicted octanol–water partition coefficient (Wildman–Crippen LogP) is 4.54. The lowest BCUT2D eigenvalue weighted by Gasteiger charge is -2.23. The van der Waals surface area contributed by atoms with Crippen molar-refractivity contribution in [1.82, 2.24) is 25.4 Å². The average Bonchev–Trinajstić information content (AvgIpc) is 3.34. The molecule has 174 valence electrons. The Balaban J connectivity index is 1.39. The smallest absolute Gasteiger partial charge is 0.261 e. The van der Waals surface area contributed by atoms with Crippen LogP contribution in [0, 0.1) is 0 Å². The summed E-state index contributed by atoms with van der Waals surface area (Å²) < 4.78 is 0. The third kappa shape index (κ3) is 5.44. The minimum Gasteiger partial charge on any atom is -0.348 e. The molecule has 7 nitrogen and oxygen atoms in total. The number of aromatic nitrogens is 3. The Morgan fingerprint density at radius 2 is 1.82 bits per heavy atom. The first kappa shape index (κ1) is 23.5. The molecule has 3 N–H and O–H groups in total. The van der Waals surface area contributed by atoms with Crippen LogP contribution in [0.3, 0.4) is 0 Å². The number of nitrogens with one attached hydrogen (secondary N) is 3. The molecule has 0 aliphatic heterocycles. The maximum atomic E-state index is 12.6. The Morgan fingerprint density at radius 1 is 1.09 bits per heavy atom. The zero-order valence-corrected chi connectivity index (χ0v) is 19.8. The van der Waals surface area contributed by atoms with Crippen molar-refractivity contribution < 1.29 is 4.79 Å². The van der Waals surface area contributed by atoms with E-state index in [1.807, 2.05) is 61.6 Å². The average molecular weight is 476 g/mol. The number of carbonyl (C=O) groups excluding carboxylic acids is 1. The Hall–Kier alpha value is -3.68. The number of hydrogen-bond acceptors (Lipinski definition) is 4. The molecule has 4 aromatic rings. The Labute approximate surface area is 202 Å². The van der Waals surface area contributed by atoms with Gasteiger partial charge in [-0.25, -0.2) is 0 Å². The van der Waals surface area contributed by atoms with Crippen molar-refractivity contribution in [3.63, 3.8) is 0 Å². The number of H-pyrrole nitrogens is 2. The van der Waals surface area contributed by atoms with Crippen LogP contribution >= 0.6 is 11.6 Å². The van der Waals surface area contributed by atoms with Gasteiger partial charge in [0.15, 0.2) is 0 Å². The molecule has 2 heterocycles. The van der Waals surface area contributed by atoms with Crippen molar-refractivity contribution >= 4 is 17.5 Å². The lowest BCUT2D eigenvalue weighted by atomic mass is 10.1. The molecule has 0 aliphatic rings. The summed E-state index contributed by atoms with van der Waals surface area (Å²) in [5.41, 5.74) is 4.04. The first-order valence-electron chi connectivity index (χ1n) is 11.0. The molecule has 8 heteroatoms. The van der Waals surface area contributed by atoms with Gasteiger partial charge in [-0.05, 0) is 43.8 Å². The van der Waals surface area contributed by atoms with E-state index < -0.39 is 11.5 Å². The number of amides is 1. The monoisotopic (exact) mass is 475 g/mol. The van der Waals surface area contributed by atoms with Crippen LogP contribution in [0.4, 0.5) is 0 Å². The van der Waals surface area contributed by atoms with Crippen LogP contribution < -0.4 is 10.9 Å². The van der Waals surface area contributed by atoms with Crippen LogP contribution in [-0.4, -0.2) is 33.0 Å². The molecule has 0 saturated heterocycles. The molecule has 2 aromatic carbocycles. The predicted molar refractivity (Wildman–Crippen MR) is 134 cm³/mol. The van der Waals surface area contributed by atoms with Crippen LogP contribution in [0.25, 0.3) is 11.3 Å². The van der Waals surface area contributed by atoms with E-state index in [-0.39, 0.29) is 18.2 Å². The molecule has 1 atom stereocenters. The van der Waals surface area contributed by atoms with Crippen molar-refractivity contribution in [2.75, 3.05) is 7.05 Å². The van der Waals surface area contributed by atoms with Gasteiger partial charge in [0.1, 0.15) is 5.56 Å². The van der Waals surface area contributed by atoms with Crippen LogP contribution in [0.5, 0.6) is 0 Å². The fraction of sp³-hybridized carbons (Fsp3) is 0.192. The van der Waals surface area contributed by atoms with E-state index in [1.165, 1.54) is 0 Å². The van der Waals surface area contributed by atoms with E-state index >= 15 is 0 Å². The summed E-state index contributed by atoms with van der Waals surface area (Å²) in [7, 11) is 1.97. The largest absolute Gasteiger partial charge is 0.348 e. The zero-order chi connectivity index (χ0) is 24.1. The van der Waals surface area contributed by atoms with Gasteiger partial charge < -0.3 is 10.3 Å². The fourth-order valence-corrected chi connectivity index (χ4v) is 3.85. The number of halogens is 1. The molecule has 4 rings (SSSR count). The molecule has 0 unspecified atom stereocenters. The standard InChI is InChI=1S/C26H26ClN5O2/c1-17(23-14-24(31-30-23)18-8-4-3-5-9-18)32(2)16-20-12-13-21(26(34)29-20)25(33)28-15-19-10-6-7-11-22(19)27/h3-14,17H,15-16H2,1-2H3,(H,28,33)(H,29,34)(H,30,31)/t17-/m1/s1. The number of rotatable bonds is 8. The van der Waals surface area contributed by atoms with Crippen molar-refractivity contribution in [2.45, 2.75) is 26.1 Å². The highest BCUT2D eigenvalue weighted by atomic mass is 35.5. The molecule has 0 bridgehead atoms. The molecule has 34 heavy (non-hydrogen) atoms. The number of benzene rings is 2. The van der Waals surface area contributed by atoms with Gasteiger partial charge in [0.2, 0.25) is 0 Å². The maximum Gasteiger partial charge on any atom is 0.261 e. The van der Waals surface area contributed by atoms with Gasteiger partial charge in [-0.3, -0.25) is 19.6 Å². The highest BCUT2D eigenvalue weighted by Gasteiger charge is 2.17. The second kappa shape index (κ2) is 10.5. The minimum atomic E-state index is -0.444. The third-order valence-corrected chi connectivity index (χ3v) is 6.18. The Kier molecular flexibility index (Phi) is 7.25. The van der Waals surface area contributed by atoms with Gasteiger partial charge in [0.05, 0.1) is 11.4 Å². The van der Waals surface area contributed by atoms with Crippen molar-refractivity contribution in [1.29, 1.82) is 0 Å². The van der Waals surface area contributed by atoms with Gasteiger partial charge in [-0.2, -0.15) is 5.10 Å². The van der Waals surface area contributed by atoms with E-state index in [9.17, 15) is 9.59 Å². The normalized spacial score (nSPS) is 12.0. The first-order chi connectivity index (χ1) is 16.4. The van der Waals surface area contributed by atoms with Gasteiger partial charge >= 0.3 is 0 Å². The quantitative estimate of drug-likeness (QED) is 0.348. The van der Waals surface area contributed by atoms with Crippen LogP contribution in [0.15, 0.2) is 77.6 Å². The van der Waals surface area contributed by atoms with Crippen molar-refractivity contribution in [2.24, 2.45) is 0 Å². The van der Waals surface area contributed by atoms with E-state index in [0.717, 1.165) is 22.5 Å². The maximum absolute atomic E-state index is 12.6. The highest BCUT2D eigenvalue weighted by Crippen LogP contribution is 2.23. The van der Waals surface area contributed by atoms with E-state index in [2.05, 4.69) is 32.3 Å². The SMILES string of the molecule is C[C@H](c1cc(-c2ccccc2)n[nH]1)N(C)Cc1ccc(C(=O)NCc2ccccc2Cl)c(=O)[nH]1. The van der Waals surface area contributed by atoms with Gasteiger partial charge in [0.25, 0.3) is 11.5 Å². The van der Waals surface area contributed by atoms with Crippen molar-refractivity contribution in [3.8, 4) is 11.3 Å². The zero-order valence-electron chi connectivity index (χ0n) is 19.0. The number of nitrogens with zero attached hydrogens (tertiary/aromatic N) is 2. The number of aromatic amines is 2. The first-order valence-corrected chi connectivity index (χ1v) is 11.3. The molecule has 0 aliphatic carbocycles. The minimum absolute atomic E-state index is 0.0343. The molecule has 1 amide bonds. The molecule has 0 spiro atoms. The molecule has 0 radical (unpaired) electrons. The Bertz CT molecular complexity index is 1330. The molecule has 0 fully saturated rings. The lowest BCUT2D eigenvalue weighted by molar-refractivity contribution is 0.0949. The van der Waals surface area contributed by atoms with Gasteiger partial charge in [-0.15, -0.1) is 0 Å². The van der Waals surface area contributed by atoms with Crippen LogP contribution in [-0.2, 0) is 13.1 Å². The number of carbonyl (C=O) groups is 1. The van der Waals surface area contributed by atoms with Crippen LogP contribution in [0.1, 0.15) is 40.3 Å². The van der Waals surface area contributed by atoms with E-state index in [4.69, 9.17) is 11.6 Å². The second-order valence-electron chi connectivity index (χ2n) is 8.17. The van der Waals surface area contributed by atoms with Crippen molar-refractivity contribution in [3.05, 3.63) is 111 Å². The third-order valence-electron chi connectivity index (χ3n) is 5.81. The Morgan fingerprint density at radius 3 is 2.56 bits per heavy atom. The summed E-state index contributed by atoms with van der Waals surface area (Å²) in [5.74, 6) is -0.444. The molecule has 0 saturated carbocycles. The molecular weight excluding hydrogens is 450 g/mol. The summed E-state index contributed by atoms with van der Waals surface area (Å²) >= 11 is 6.13. The summed E-state index contributed by atoms with van der Waals surface area (Å²) in [4.78, 5) is 30.0. The summed E-state index contributed by atoms with van der Waals surface area (Å²) in [6.45, 7) is 2.81. The van der Waals surface area contributed by atoms with Crippen LogP contribution in [0.2, 0.25) is 5.02 Å². The van der Waals surface area contributed by atoms with E-state index in [1.54, 1.807) is 18.2 Å². The summed E-state index contributed by atoms with van der Waals surface area (Å²) in [6, 6.07) is 22.6. The second-order valence-corrected chi connectivity index (χ2v) is 8.57. The van der Waals surface area contributed by atoms with Gasteiger partial charge in [-0.1, -0.05) is 60.1 Å². The summed E-state index contributed by atoms with van der Waals surface area (Å²) in [5, 5.41) is 10.9. The molecule has 2 aromatic heterocycles.